The van der Waals surface area contributed by atoms with E-state index in [-0.39, 0.29) is 11.1 Å². The van der Waals surface area contributed by atoms with Gasteiger partial charge < -0.3 is 5.32 Å². The zero-order valence-electron chi connectivity index (χ0n) is 11.8. The molecule has 0 aromatic carbocycles. The average molecular weight is 315 g/mol. The van der Waals surface area contributed by atoms with Gasteiger partial charge in [0, 0.05) is 24.5 Å². The van der Waals surface area contributed by atoms with Crippen LogP contribution in [-0.4, -0.2) is 38.0 Å². The van der Waals surface area contributed by atoms with Gasteiger partial charge in [-0.3, -0.25) is 0 Å². The van der Waals surface area contributed by atoms with Crippen molar-refractivity contribution in [3.05, 3.63) is 18.3 Å². The molecule has 0 bridgehead atoms. The second-order valence-electron chi connectivity index (χ2n) is 4.95. The number of hydrogen-bond donors (Lipinski definition) is 2. The summed E-state index contributed by atoms with van der Waals surface area (Å²) >= 11 is 1.82. The van der Waals surface area contributed by atoms with E-state index in [0.29, 0.717) is 10.9 Å². The maximum absolute atomic E-state index is 12.5. The van der Waals surface area contributed by atoms with Crippen molar-refractivity contribution in [2.75, 3.05) is 18.6 Å². The van der Waals surface area contributed by atoms with Crippen molar-refractivity contribution in [1.29, 1.82) is 0 Å². The van der Waals surface area contributed by atoms with Gasteiger partial charge in [0.25, 0.3) is 10.0 Å². The second-order valence-corrected chi connectivity index (χ2v) is 7.72. The molecule has 0 radical (unpaired) electrons. The molecule has 1 fully saturated rings. The zero-order chi connectivity index (χ0) is 14.6. The van der Waals surface area contributed by atoms with Crippen molar-refractivity contribution in [3.8, 4) is 0 Å². The summed E-state index contributed by atoms with van der Waals surface area (Å²) in [6.07, 6.45) is 7.62. The Hall–Kier alpha value is -0.790. The molecule has 1 aromatic heterocycles. The van der Waals surface area contributed by atoms with E-state index >= 15 is 0 Å². The molecule has 0 saturated heterocycles. The zero-order valence-corrected chi connectivity index (χ0v) is 13.4. The van der Waals surface area contributed by atoms with E-state index in [1.165, 1.54) is 12.6 Å². The Labute approximate surface area is 125 Å². The number of thioether (sulfide) groups is 1. The van der Waals surface area contributed by atoms with Crippen LogP contribution in [0.25, 0.3) is 0 Å². The van der Waals surface area contributed by atoms with Gasteiger partial charge in [-0.15, -0.1) is 0 Å². The third-order valence-corrected chi connectivity index (χ3v) is 6.15. The Morgan fingerprint density at radius 1 is 1.40 bits per heavy atom. The summed E-state index contributed by atoms with van der Waals surface area (Å²) in [5.74, 6) is 0. The molecule has 2 atom stereocenters. The molecule has 0 aliphatic heterocycles. The van der Waals surface area contributed by atoms with Crippen LogP contribution in [0.15, 0.2) is 23.4 Å². The van der Waals surface area contributed by atoms with Gasteiger partial charge in [0.15, 0.2) is 5.03 Å². The van der Waals surface area contributed by atoms with E-state index < -0.39 is 10.0 Å². The Morgan fingerprint density at radius 2 is 2.20 bits per heavy atom. The van der Waals surface area contributed by atoms with E-state index in [0.717, 1.165) is 19.3 Å². The van der Waals surface area contributed by atoms with Crippen LogP contribution >= 0.6 is 11.8 Å². The molecule has 0 amide bonds. The summed E-state index contributed by atoms with van der Waals surface area (Å²) in [7, 11) is -1.87. The number of nitrogens with zero attached hydrogens (tertiary/aromatic N) is 1. The summed E-state index contributed by atoms with van der Waals surface area (Å²) in [6, 6.07) is 3.44. The number of rotatable bonds is 5. The highest BCUT2D eigenvalue weighted by Crippen LogP contribution is 2.28. The van der Waals surface area contributed by atoms with Crippen molar-refractivity contribution >= 4 is 27.5 Å². The quantitative estimate of drug-likeness (QED) is 0.870. The first-order valence-electron chi connectivity index (χ1n) is 6.74. The standard InChI is InChI=1S/C13H21N3O2S2/c1-14-12-7-4-8-15-13(12)20(17,18)16-10-5-3-6-11(9-10)19-2/h4,7-8,10-11,14,16H,3,5-6,9H2,1-2H3. The molecular weight excluding hydrogens is 294 g/mol. The van der Waals surface area contributed by atoms with Gasteiger partial charge in [-0.1, -0.05) is 6.42 Å². The van der Waals surface area contributed by atoms with Gasteiger partial charge in [0.1, 0.15) is 0 Å². The highest BCUT2D eigenvalue weighted by atomic mass is 32.2. The number of sulfonamides is 1. The smallest absolute Gasteiger partial charge is 0.260 e. The molecule has 1 aliphatic rings. The van der Waals surface area contributed by atoms with Gasteiger partial charge in [-0.05, 0) is 37.7 Å². The molecule has 2 unspecified atom stereocenters. The van der Waals surface area contributed by atoms with E-state index in [4.69, 9.17) is 0 Å². The molecule has 1 saturated carbocycles. The maximum Gasteiger partial charge on any atom is 0.260 e. The Bertz CT molecular complexity index is 548. The fourth-order valence-electron chi connectivity index (χ4n) is 2.54. The third-order valence-electron chi connectivity index (χ3n) is 3.58. The predicted molar refractivity (Wildman–Crippen MR) is 83.7 cm³/mol. The first-order chi connectivity index (χ1) is 9.56. The van der Waals surface area contributed by atoms with Gasteiger partial charge in [0.2, 0.25) is 0 Å². The Balaban J connectivity index is 2.14. The molecule has 7 heteroatoms. The van der Waals surface area contributed by atoms with Crippen LogP contribution in [0.1, 0.15) is 25.7 Å². The summed E-state index contributed by atoms with van der Waals surface area (Å²) in [5.41, 5.74) is 0.525. The SMILES string of the molecule is CNc1cccnc1S(=O)(=O)NC1CCCC(SC)C1. The van der Waals surface area contributed by atoms with E-state index in [9.17, 15) is 8.42 Å². The lowest BCUT2D eigenvalue weighted by Gasteiger charge is -2.28. The average Bonchev–Trinajstić information content (AvgIpc) is 2.47. The first kappa shape index (κ1) is 15.6. The Morgan fingerprint density at radius 3 is 2.90 bits per heavy atom. The minimum absolute atomic E-state index is 0.0120. The van der Waals surface area contributed by atoms with Gasteiger partial charge in [-0.25, -0.2) is 18.1 Å². The largest absolute Gasteiger partial charge is 0.386 e. The van der Waals surface area contributed by atoms with E-state index in [2.05, 4.69) is 21.3 Å². The summed E-state index contributed by atoms with van der Waals surface area (Å²) in [6.45, 7) is 0. The molecule has 2 N–H and O–H groups in total. The molecule has 0 spiro atoms. The third kappa shape index (κ3) is 3.65. The van der Waals surface area contributed by atoms with Crippen molar-refractivity contribution < 1.29 is 8.42 Å². The lowest BCUT2D eigenvalue weighted by molar-refractivity contribution is 0.420. The lowest BCUT2D eigenvalue weighted by atomic mass is 9.96. The maximum atomic E-state index is 12.5. The van der Waals surface area contributed by atoms with E-state index in [1.807, 2.05) is 11.8 Å². The number of aromatic nitrogens is 1. The number of anilines is 1. The van der Waals surface area contributed by atoms with Crippen LogP contribution in [0.3, 0.4) is 0 Å². The summed E-state index contributed by atoms with van der Waals surface area (Å²) in [5, 5.41) is 3.50. The van der Waals surface area contributed by atoms with Crippen molar-refractivity contribution in [2.24, 2.45) is 0 Å². The molecule has 5 nitrogen and oxygen atoms in total. The molecule has 20 heavy (non-hydrogen) atoms. The lowest BCUT2D eigenvalue weighted by Crippen LogP contribution is -2.39. The molecule has 112 valence electrons. The summed E-state index contributed by atoms with van der Waals surface area (Å²) < 4.78 is 27.7. The van der Waals surface area contributed by atoms with Crippen molar-refractivity contribution in [3.63, 3.8) is 0 Å². The van der Waals surface area contributed by atoms with Crippen LogP contribution in [0.5, 0.6) is 0 Å². The van der Waals surface area contributed by atoms with Crippen LogP contribution in [0.2, 0.25) is 0 Å². The van der Waals surface area contributed by atoms with Crippen molar-refractivity contribution in [2.45, 2.75) is 42.0 Å². The van der Waals surface area contributed by atoms with E-state index in [1.54, 1.807) is 19.2 Å². The molecule has 1 aromatic rings. The second kappa shape index (κ2) is 6.78. The minimum atomic E-state index is -3.57. The van der Waals surface area contributed by atoms with Gasteiger partial charge in [0.05, 0.1) is 5.69 Å². The molecule has 1 aliphatic carbocycles. The molecular formula is C13H21N3O2S2. The van der Waals surface area contributed by atoms with Crippen LogP contribution in [0.4, 0.5) is 5.69 Å². The monoisotopic (exact) mass is 315 g/mol. The minimum Gasteiger partial charge on any atom is -0.386 e. The van der Waals surface area contributed by atoms with Crippen LogP contribution < -0.4 is 10.0 Å². The predicted octanol–water partition coefficient (Wildman–Crippen LogP) is 2.08. The summed E-state index contributed by atoms with van der Waals surface area (Å²) in [4.78, 5) is 4.01. The van der Waals surface area contributed by atoms with Gasteiger partial charge >= 0.3 is 0 Å². The highest BCUT2D eigenvalue weighted by Gasteiger charge is 2.28. The molecule has 2 rings (SSSR count). The number of pyridine rings is 1. The fraction of sp³-hybridized carbons (Fsp3) is 0.615. The molecule has 1 heterocycles. The number of nitrogens with one attached hydrogen (secondary N) is 2. The topological polar surface area (TPSA) is 71.1 Å². The number of hydrogen-bond acceptors (Lipinski definition) is 5. The van der Waals surface area contributed by atoms with Gasteiger partial charge in [-0.2, -0.15) is 11.8 Å². The fourth-order valence-corrected chi connectivity index (χ4v) is 4.79. The highest BCUT2D eigenvalue weighted by molar-refractivity contribution is 7.99. The first-order valence-corrected chi connectivity index (χ1v) is 9.52. The normalized spacial score (nSPS) is 23.5. The van der Waals surface area contributed by atoms with Crippen LogP contribution in [0, 0.1) is 0 Å². The van der Waals surface area contributed by atoms with Crippen molar-refractivity contribution in [1.82, 2.24) is 9.71 Å². The van der Waals surface area contributed by atoms with Crippen LogP contribution in [-0.2, 0) is 10.0 Å². The Kier molecular flexibility index (Phi) is 5.29.